The fraction of sp³-hybridized carbons (Fsp3) is 0.842. The topological polar surface area (TPSA) is 53.3 Å². The van der Waals surface area contributed by atoms with E-state index in [9.17, 15) is 0 Å². The number of likely N-dealkylation sites (tertiary alicyclic amines) is 1. The molecule has 0 bridgehead atoms. The highest BCUT2D eigenvalue weighted by Crippen LogP contribution is 2.30. The minimum absolute atomic E-state index is 0.143. The molecule has 5 nitrogen and oxygen atoms in total. The van der Waals surface area contributed by atoms with Gasteiger partial charge in [0, 0.05) is 36.4 Å². The summed E-state index contributed by atoms with van der Waals surface area (Å²) in [6, 6.07) is 1.41. The van der Waals surface area contributed by atoms with Crippen molar-refractivity contribution in [1.82, 2.24) is 20.0 Å². The Balaban J connectivity index is 1.54. The number of aliphatic hydroxyl groups excluding tert-OH is 1. The van der Waals surface area contributed by atoms with Crippen LogP contribution in [0.2, 0.25) is 0 Å². The summed E-state index contributed by atoms with van der Waals surface area (Å²) in [6.07, 6.45) is 6.95. The van der Waals surface area contributed by atoms with Crippen molar-refractivity contribution in [2.75, 3.05) is 19.7 Å². The van der Waals surface area contributed by atoms with Crippen molar-refractivity contribution in [1.29, 1.82) is 0 Å². The third-order valence-corrected chi connectivity index (χ3v) is 6.23. The van der Waals surface area contributed by atoms with Crippen molar-refractivity contribution in [3.63, 3.8) is 0 Å². The highest BCUT2D eigenvalue weighted by Gasteiger charge is 2.31. The number of aliphatic hydroxyl groups is 1. The van der Waals surface area contributed by atoms with E-state index < -0.39 is 0 Å². The molecule has 1 aromatic heterocycles. The summed E-state index contributed by atoms with van der Waals surface area (Å²) in [5.74, 6) is 0.757. The lowest BCUT2D eigenvalue weighted by Gasteiger charge is -2.44. The highest BCUT2D eigenvalue weighted by molar-refractivity contribution is 5.24. The number of nitrogens with zero attached hydrogens (tertiary/aromatic N) is 3. The molecule has 2 unspecified atom stereocenters. The fourth-order valence-corrected chi connectivity index (χ4v) is 4.26. The van der Waals surface area contributed by atoms with Crippen LogP contribution in [0.3, 0.4) is 0 Å². The van der Waals surface area contributed by atoms with Crippen molar-refractivity contribution >= 4 is 0 Å². The molecule has 1 aliphatic carbocycles. The second-order valence-corrected chi connectivity index (χ2v) is 7.75. The maximum atomic E-state index is 9.15. The second-order valence-electron chi connectivity index (χ2n) is 7.75. The molecule has 0 radical (unpaired) electrons. The van der Waals surface area contributed by atoms with Crippen LogP contribution in [0, 0.1) is 19.8 Å². The summed E-state index contributed by atoms with van der Waals surface area (Å²) in [5.41, 5.74) is 3.56. The van der Waals surface area contributed by atoms with Gasteiger partial charge < -0.3 is 15.3 Å². The summed E-state index contributed by atoms with van der Waals surface area (Å²) < 4.78 is 1.93. The van der Waals surface area contributed by atoms with Crippen LogP contribution in [0.25, 0.3) is 0 Å². The van der Waals surface area contributed by atoms with E-state index in [1.54, 1.807) is 0 Å². The maximum absolute atomic E-state index is 9.15. The Morgan fingerprint density at radius 1 is 1.25 bits per heavy atom. The van der Waals surface area contributed by atoms with Crippen LogP contribution >= 0.6 is 0 Å². The minimum Gasteiger partial charge on any atom is -0.394 e. The third kappa shape index (κ3) is 3.84. The molecule has 1 aromatic rings. The van der Waals surface area contributed by atoms with Crippen molar-refractivity contribution in [3.05, 3.63) is 17.0 Å². The SMILES string of the molecule is Cc1nn(CCO)c(C)c1CNC(C)C1CCCN(C2CCC2)C1. The fourth-order valence-electron chi connectivity index (χ4n) is 4.26. The van der Waals surface area contributed by atoms with E-state index >= 15 is 0 Å². The number of aromatic nitrogens is 2. The molecule has 136 valence electrons. The minimum atomic E-state index is 0.143. The predicted molar refractivity (Wildman–Crippen MR) is 97.0 cm³/mol. The lowest BCUT2D eigenvalue weighted by molar-refractivity contribution is 0.0665. The largest absolute Gasteiger partial charge is 0.394 e. The van der Waals surface area contributed by atoms with Crippen molar-refractivity contribution < 1.29 is 5.11 Å². The molecule has 0 aromatic carbocycles. The van der Waals surface area contributed by atoms with Gasteiger partial charge in [-0.3, -0.25) is 4.68 Å². The zero-order chi connectivity index (χ0) is 17.1. The Hall–Kier alpha value is -0.910. The van der Waals surface area contributed by atoms with E-state index in [0.29, 0.717) is 12.6 Å². The van der Waals surface area contributed by atoms with Gasteiger partial charge in [-0.15, -0.1) is 0 Å². The van der Waals surface area contributed by atoms with Gasteiger partial charge in [0.15, 0.2) is 0 Å². The van der Waals surface area contributed by atoms with Gasteiger partial charge in [-0.25, -0.2) is 0 Å². The van der Waals surface area contributed by atoms with E-state index in [1.165, 1.54) is 56.5 Å². The number of aryl methyl sites for hydroxylation is 1. The Labute approximate surface area is 146 Å². The first kappa shape index (κ1) is 17.9. The molecule has 3 rings (SSSR count). The average Bonchev–Trinajstić information content (AvgIpc) is 2.78. The van der Waals surface area contributed by atoms with Gasteiger partial charge in [-0.1, -0.05) is 6.42 Å². The number of rotatable bonds is 7. The van der Waals surface area contributed by atoms with Crippen LogP contribution in [0.5, 0.6) is 0 Å². The molecular weight excluding hydrogens is 300 g/mol. The highest BCUT2D eigenvalue weighted by atomic mass is 16.3. The van der Waals surface area contributed by atoms with E-state index in [0.717, 1.165) is 24.2 Å². The van der Waals surface area contributed by atoms with Crippen LogP contribution in [-0.2, 0) is 13.1 Å². The van der Waals surface area contributed by atoms with Crippen LogP contribution < -0.4 is 5.32 Å². The van der Waals surface area contributed by atoms with Crippen LogP contribution in [-0.4, -0.2) is 51.6 Å². The van der Waals surface area contributed by atoms with Gasteiger partial charge in [0.2, 0.25) is 0 Å². The Bertz CT molecular complexity index is 538. The second kappa shape index (κ2) is 7.98. The van der Waals surface area contributed by atoms with Gasteiger partial charge in [0.05, 0.1) is 18.8 Å². The number of hydrogen-bond acceptors (Lipinski definition) is 4. The molecule has 1 saturated heterocycles. The van der Waals surface area contributed by atoms with Crippen LogP contribution in [0.4, 0.5) is 0 Å². The van der Waals surface area contributed by atoms with E-state index in [-0.39, 0.29) is 6.61 Å². The van der Waals surface area contributed by atoms with E-state index in [2.05, 4.69) is 36.1 Å². The number of hydrogen-bond donors (Lipinski definition) is 2. The van der Waals surface area contributed by atoms with Gasteiger partial charge in [-0.05, 0) is 58.9 Å². The van der Waals surface area contributed by atoms with Gasteiger partial charge in [-0.2, -0.15) is 5.10 Å². The first-order chi connectivity index (χ1) is 11.6. The summed E-state index contributed by atoms with van der Waals surface area (Å²) in [4.78, 5) is 2.74. The lowest BCUT2D eigenvalue weighted by atomic mass is 9.85. The van der Waals surface area contributed by atoms with Crippen LogP contribution in [0.15, 0.2) is 0 Å². The van der Waals surface area contributed by atoms with Gasteiger partial charge in [0.1, 0.15) is 0 Å². The molecular formula is C19H34N4O. The summed E-state index contributed by atoms with van der Waals surface area (Å²) in [5, 5.41) is 17.5. The van der Waals surface area contributed by atoms with Gasteiger partial charge in [0.25, 0.3) is 0 Å². The predicted octanol–water partition coefficient (Wildman–Crippen LogP) is 2.23. The van der Waals surface area contributed by atoms with Crippen molar-refractivity contribution in [2.45, 2.75) is 78.0 Å². The van der Waals surface area contributed by atoms with Crippen LogP contribution in [0.1, 0.15) is 56.0 Å². The lowest BCUT2D eigenvalue weighted by Crippen LogP contribution is -2.50. The molecule has 2 fully saturated rings. The Morgan fingerprint density at radius 2 is 2.04 bits per heavy atom. The first-order valence-corrected chi connectivity index (χ1v) is 9.71. The smallest absolute Gasteiger partial charge is 0.0644 e. The van der Waals surface area contributed by atoms with Crippen molar-refractivity contribution in [3.8, 4) is 0 Å². The quantitative estimate of drug-likeness (QED) is 0.803. The average molecular weight is 335 g/mol. The first-order valence-electron chi connectivity index (χ1n) is 9.71. The maximum Gasteiger partial charge on any atom is 0.0644 e. The van der Waals surface area contributed by atoms with Crippen molar-refractivity contribution in [2.24, 2.45) is 5.92 Å². The summed E-state index contributed by atoms with van der Waals surface area (Å²) in [6.45, 7) is 10.7. The summed E-state index contributed by atoms with van der Waals surface area (Å²) in [7, 11) is 0. The zero-order valence-electron chi connectivity index (χ0n) is 15.6. The third-order valence-electron chi connectivity index (χ3n) is 6.23. The molecule has 1 saturated carbocycles. The molecule has 24 heavy (non-hydrogen) atoms. The van der Waals surface area contributed by atoms with Gasteiger partial charge >= 0.3 is 0 Å². The molecule has 0 spiro atoms. The molecule has 2 N–H and O–H groups in total. The zero-order valence-corrected chi connectivity index (χ0v) is 15.6. The normalized spacial score (nSPS) is 24.1. The Morgan fingerprint density at radius 3 is 2.71 bits per heavy atom. The standard InChI is InChI=1S/C19H34N4O/c1-14(17-6-5-9-22(13-17)18-7-4-8-18)20-12-19-15(2)21-23(10-11-24)16(19)3/h14,17-18,20,24H,4-13H2,1-3H3. The molecule has 2 heterocycles. The summed E-state index contributed by atoms with van der Waals surface area (Å²) >= 11 is 0. The molecule has 2 atom stereocenters. The number of piperidine rings is 1. The number of nitrogens with one attached hydrogen (secondary N) is 1. The van der Waals surface area contributed by atoms with E-state index in [4.69, 9.17) is 5.11 Å². The Kier molecular flexibility index (Phi) is 5.95. The molecule has 0 amide bonds. The molecule has 1 aliphatic heterocycles. The molecule has 2 aliphatic rings. The monoisotopic (exact) mass is 334 g/mol. The molecule has 5 heteroatoms. The van der Waals surface area contributed by atoms with E-state index in [1.807, 2.05) is 4.68 Å².